The monoisotopic (exact) mass is 642 g/mol. The van der Waals surface area contributed by atoms with Crippen molar-refractivity contribution in [3.05, 3.63) is 75.8 Å². The van der Waals surface area contributed by atoms with Crippen molar-refractivity contribution in [1.29, 1.82) is 0 Å². The molecule has 3 N–H and O–H groups in total. The average Bonchev–Trinajstić information content (AvgIpc) is 3.34. The topological polar surface area (TPSA) is 145 Å². The molecule has 47 heavy (non-hydrogen) atoms. The Bertz CT molecular complexity index is 1820. The van der Waals surface area contributed by atoms with Crippen molar-refractivity contribution in [3.8, 4) is 28.4 Å². The van der Waals surface area contributed by atoms with Gasteiger partial charge in [0.25, 0.3) is 0 Å². The number of ether oxygens (including phenoxy) is 3. The van der Waals surface area contributed by atoms with Gasteiger partial charge in [0.1, 0.15) is 11.9 Å². The Labute approximate surface area is 273 Å². The second kappa shape index (κ2) is 15.0. The van der Waals surface area contributed by atoms with Crippen LogP contribution >= 0.6 is 0 Å². The van der Waals surface area contributed by atoms with Crippen LogP contribution < -0.4 is 35.6 Å². The minimum absolute atomic E-state index is 0.207. The molecule has 2 amide bonds. The molecule has 0 bridgehead atoms. The van der Waals surface area contributed by atoms with E-state index in [9.17, 15) is 14.4 Å². The van der Waals surface area contributed by atoms with Gasteiger partial charge in [0.15, 0.2) is 17.1 Å². The summed E-state index contributed by atoms with van der Waals surface area (Å²) in [4.78, 5) is 39.6. The highest BCUT2D eigenvalue weighted by molar-refractivity contribution is 5.86. The maximum atomic E-state index is 13.8. The lowest BCUT2D eigenvalue weighted by Crippen LogP contribution is -2.41. The molecule has 0 aliphatic heterocycles. The maximum Gasteiger partial charge on any atom is 0.242 e. The number of hydrogen-bond donors (Lipinski definition) is 3. The number of nitrogens with one attached hydrogen (secondary N) is 3. The van der Waals surface area contributed by atoms with E-state index in [0.717, 1.165) is 35.4 Å². The van der Waals surface area contributed by atoms with E-state index in [1.54, 1.807) is 33.5 Å². The standard InChI is InChI=1S/C35H42N6O6/c1-6-7-10-27(35(44)36-17-16-31-40-39-30-11-8-9-18-41(30)31)38-26-15-13-23-24(20-28(26)43)25(37-21(2)42)14-12-22-19-29(45-3)33(46-4)34(47-5)32(22)23/h8-9,11,13,15,18-20,25,27H,6-7,10,12,14,16-17H2,1-5H3,(H,36,44)(H,37,42)(H,38,43)/t25-,27?/m0/s1. The summed E-state index contributed by atoms with van der Waals surface area (Å²) in [6, 6.07) is 11.6. The van der Waals surface area contributed by atoms with Crippen LogP contribution in [0.2, 0.25) is 0 Å². The van der Waals surface area contributed by atoms with Gasteiger partial charge in [0.2, 0.25) is 23.0 Å². The van der Waals surface area contributed by atoms with Gasteiger partial charge in [0, 0.05) is 31.6 Å². The van der Waals surface area contributed by atoms with Gasteiger partial charge in [-0.25, -0.2) is 0 Å². The minimum atomic E-state index is -0.641. The summed E-state index contributed by atoms with van der Waals surface area (Å²) in [5, 5.41) is 17.7. The summed E-state index contributed by atoms with van der Waals surface area (Å²) in [6.45, 7) is 3.88. The van der Waals surface area contributed by atoms with Crippen molar-refractivity contribution < 1.29 is 23.8 Å². The molecule has 1 aliphatic carbocycles. The molecule has 0 fully saturated rings. The van der Waals surface area contributed by atoms with Gasteiger partial charge >= 0.3 is 0 Å². The predicted molar refractivity (Wildman–Crippen MR) is 179 cm³/mol. The first-order valence-electron chi connectivity index (χ1n) is 15.9. The van der Waals surface area contributed by atoms with Crippen LogP contribution in [0.25, 0.3) is 16.8 Å². The number of unbranched alkanes of at least 4 members (excludes halogenated alkanes) is 1. The summed E-state index contributed by atoms with van der Waals surface area (Å²) in [5.41, 5.74) is 3.78. The number of amides is 2. The number of aromatic nitrogens is 3. The molecule has 5 rings (SSSR count). The molecule has 1 unspecified atom stereocenters. The number of benzene rings is 1. The highest BCUT2D eigenvalue weighted by Crippen LogP contribution is 2.50. The van der Waals surface area contributed by atoms with Gasteiger partial charge in [0.05, 0.1) is 33.1 Å². The van der Waals surface area contributed by atoms with Crippen LogP contribution in [-0.2, 0) is 22.4 Å². The Hall–Kier alpha value is -5.13. The fourth-order valence-electron chi connectivity index (χ4n) is 6.17. The molecule has 0 spiro atoms. The molecule has 1 aliphatic rings. The zero-order valence-electron chi connectivity index (χ0n) is 27.5. The van der Waals surface area contributed by atoms with Crippen molar-refractivity contribution >= 4 is 23.1 Å². The molecule has 12 nitrogen and oxygen atoms in total. The number of hydrogen-bond acceptors (Lipinski definition) is 9. The van der Waals surface area contributed by atoms with Gasteiger partial charge in [-0.1, -0.05) is 31.9 Å². The highest BCUT2D eigenvalue weighted by atomic mass is 16.5. The summed E-state index contributed by atoms with van der Waals surface area (Å²) < 4.78 is 19.1. The lowest BCUT2D eigenvalue weighted by molar-refractivity contribution is -0.122. The van der Waals surface area contributed by atoms with E-state index in [2.05, 4.69) is 33.1 Å². The van der Waals surface area contributed by atoms with Crippen molar-refractivity contribution in [1.82, 2.24) is 25.2 Å². The first-order chi connectivity index (χ1) is 22.8. The number of pyridine rings is 1. The van der Waals surface area contributed by atoms with E-state index < -0.39 is 12.1 Å². The summed E-state index contributed by atoms with van der Waals surface area (Å²) in [7, 11) is 4.67. The Morgan fingerprint density at radius 2 is 1.85 bits per heavy atom. The number of aryl methyl sites for hydroxylation is 1. The number of fused-ring (bicyclic) bond motifs is 4. The number of rotatable bonds is 13. The third-order valence-electron chi connectivity index (χ3n) is 8.44. The van der Waals surface area contributed by atoms with Crippen LogP contribution in [0.3, 0.4) is 0 Å². The summed E-state index contributed by atoms with van der Waals surface area (Å²) in [5.74, 6) is 1.76. The van der Waals surface area contributed by atoms with Gasteiger partial charge in [-0.15, -0.1) is 10.2 Å². The van der Waals surface area contributed by atoms with E-state index in [1.807, 2.05) is 40.9 Å². The number of nitrogens with zero attached hydrogens (tertiary/aromatic N) is 3. The predicted octanol–water partition coefficient (Wildman–Crippen LogP) is 4.24. The van der Waals surface area contributed by atoms with E-state index in [1.165, 1.54) is 6.92 Å². The van der Waals surface area contributed by atoms with Gasteiger partial charge in [-0.3, -0.25) is 18.8 Å². The molecule has 2 atom stereocenters. The smallest absolute Gasteiger partial charge is 0.242 e. The van der Waals surface area contributed by atoms with Crippen molar-refractivity contribution in [2.75, 3.05) is 33.2 Å². The van der Waals surface area contributed by atoms with Gasteiger partial charge < -0.3 is 30.2 Å². The van der Waals surface area contributed by atoms with Crippen molar-refractivity contribution in [2.24, 2.45) is 0 Å². The Morgan fingerprint density at radius 1 is 1.04 bits per heavy atom. The fraction of sp³-hybridized carbons (Fsp3) is 0.400. The highest BCUT2D eigenvalue weighted by Gasteiger charge is 2.30. The normalized spacial score (nSPS) is 14.3. The van der Waals surface area contributed by atoms with Crippen LogP contribution in [0, 0.1) is 0 Å². The zero-order chi connectivity index (χ0) is 33.5. The van der Waals surface area contributed by atoms with Crippen LogP contribution in [0.1, 0.15) is 62.5 Å². The zero-order valence-corrected chi connectivity index (χ0v) is 27.5. The molecule has 2 aromatic carbocycles. The van der Waals surface area contributed by atoms with Crippen molar-refractivity contribution in [3.63, 3.8) is 0 Å². The second-order valence-corrected chi connectivity index (χ2v) is 11.5. The van der Waals surface area contributed by atoms with Crippen LogP contribution in [0.15, 0.2) is 53.5 Å². The molecule has 2 heterocycles. The van der Waals surface area contributed by atoms with Gasteiger partial charge in [-0.05, 0) is 66.3 Å². The molecular formula is C35H42N6O6. The Kier molecular flexibility index (Phi) is 10.6. The fourth-order valence-corrected chi connectivity index (χ4v) is 6.17. The third-order valence-corrected chi connectivity index (χ3v) is 8.44. The van der Waals surface area contributed by atoms with E-state index >= 15 is 0 Å². The Morgan fingerprint density at radius 3 is 2.57 bits per heavy atom. The molecular weight excluding hydrogens is 600 g/mol. The Balaban J connectivity index is 1.49. The largest absolute Gasteiger partial charge is 0.493 e. The molecule has 0 saturated heterocycles. The lowest BCUT2D eigenvalue weighted by atomic mass is 9.95. The van der Waals surface area contributed by atoms with Crippen molar-refractivity contribution in [2.45, 2.75) is 64.5 Å². The number of carbonyl (C=O) groups excluding carboxylic acids is 2. The average molecular weight is 643 g/mol. The summed E-state index contributed by atoms with van der Waals surface area (Å²) >= 11 is 0. The first-order valence-corrected chi connectivity index (χ1v) is 15.9. The molecule has 0 radical (unpaired) electrons. The van der Waals surface area contributed by atoms with E-state index in [0.29, 0.717) is 60.6 Å². The number of carbonyl (C=O) groups is 2. The molecule has 2 aromatic heterocycles. The SMILES string of the molecule is CCCCC(Nc1ccc2c(cc1=O)[C@@H](NC(C)=O)CCc1cc(OC)c(OC)c(OC)c1-2)C(=O)NCCc1nnc2ccccn12. The maximum absolute atomic E-state index is 13.8. The minimum Gasteiger partial charge on any atom is -0.493 e. The first kappa shape index (κ1) is 33.2. The van der Waals surface area contributed by atoms with Crippen LogP contribution in [-0.4, -0.2) is 60.3 Å². The van der Waals surface area contributed by atoms with Crippen LogP contribution in [0.4, 0.5) is 5.69 Å². The molecule has 4 aromatic rings. The lowest BCUT2D eigenvalue weighted by Gasteiger charge is -2.19. The van der Waals surface area contributed by atoms with Gasteiger partial charge in [-0.2, -0.15) is 0 Å². The molecule has 0 saturated carbocycles. The van der Waals surface area contributed by atoms with E-state index in [4.69, 9.17) is 14.2 Å². The van der Waals surface area contributed by atoms with E-state index in [-0.39, 0.29) is 22.9 Å². The quantitative estimate of drug-likeness (QED) is 0.195. The number of methoxy groups -OCH3 is 3. The summed E-state index contributed by atoms with van der Waals surface area (Å²) in [6.07, 6.45) is 5.75. The molecule has 248 valence electrons. The van der Waals surface area contributed by atoms with Crippen LogP contribution in [0.5, 0.6) is 17.2 Å². The molecule has 12 heteroatoms. The number of anilines is 1. The third kappa shape index (κ3) is 7.16. The second-order valence-electron chi connectivity index (χ2n) is 11.5.